The van der Waals surface area contributed by atoms with Crippen molar-refractivity contribution in [2.75, 3.05) is 6.61 Å². The average molecular weight is 520 g/mol. The Labute approximate surface area is 222 Å². The first-order valence-corrected chi connectivity index (χ1v) is 13.3. The molecule has 0 bridgehead atoms. The van der Waals surface area contributed by atoms with Crippen LogP contribution in [0.3, 0.4) is 0 Å². The van der Waals surface area contributed by atoms with Crippen LogP contribution in [0.25, 0.3) is 28.2 Å². The Balaban J connectivity index is 1.61. The van der Waals surface area contributed by atoms with Crippen molar-refractivity contribution in [2.45, 2.75) is 19.9 Å². The van der Waals surface area contributed by atoms with Gasteiger partial charge in [-0.3, -0.25) is 9.36 Å². The van der Waals surface area contributed by atoms with Crippen LogP contribution in [-0.2, 0) is 9.53 Å². The van der Waals surface area contributed by atoms with E-state index in [2.05, 4.69) is 11.1 Å². The third-order valence-electron chi connectivity index (χ3n) is 6.72. The molecule has 1 aliphatic heterocycles. The molecule has 6 rings (SSSR count). The van der Waals surface area contributed by atoms with Gasteiger partial charge in [0.25, 0.3) is 5.56 Å². The van der Waals surface area contributed by atoms with Gasteiger partial charge >= 0.3 is 5.97 Å². The smallest absolute Gasteiger partial charge is 0.338 e. The maximum Gasteiger partial charge on any atom is 0.338 e. The van der Waals surface area contributed by atoms with Gasteiger partial charge in [-0.15, -0.1) is 0 Å². The van der Waals surface area contributed by atoms with Gasteiger partial charge in [0.05, 0.1) is 34.1 Å². The summed E-state index contributed by atoms with van der Waals surface area (Å²) in [7, 11) is 0. The quantitative estimate of drug-likeness (QED) is 0.334. The molecule has 6 nitrogen and oxygen atoms in total. The molecule has 188 valence electrons. The van der Waals surface area contributed by atoms with E-state index in [0.717, 1.165) is 33.3 Å². The molecule has 7 heteroatoms. The van der Waals surface area contributed by atoms with Crippen molar-refractivity contribution in [3.8, 4) is 11.3 Å². The highest BCUT2D eigenvalue weighted by molar-refractivity contribution is 7.07. The first-order valence-electron chi connectivity index (χ1n) is 12.5. The van der Waals surface area contributed by atoms with Crippen molar-refractivity contribution in [2.24, 2.45) is 4.99 Å². The monoisotopic (exact) mass is 519 g/mol. The number of benzene rings is 3. The zero-order chi connectivity index (χ0) is 26.2. The molecule has 1 atom stereocenters. The van der Waals surface area contributed by atoms with Crippen LogP contribution >= 0.6 is 11.3 Å². The molecule has 5 aromatic rings. The molecule has 0 unspecified atom stereocenters. The molecule has 1 aliphatic rings. The van der Waals surface area contributed by atoms with Crippen LogP contribution in [0.5, 0.6) is 0 Å². The van der Waals surface area contributed by atoms with E-state index in [1.165, 1.54) is 11.3 Å². The summed E-state index contributed by atoms with van der Waals surface area (Å²) in [5, 5.41) is 1.03. The van der Waals surface area contributed by atoms with Crippen LogP contribution in [0.1, 0.15) is 31.0 Å². The minimum atomic E-state index is -0.620. The van der Waals surface area contributed by atoms with E-state index in [-0.39, 0.29) is 12.2 Å². The molecule has 0 radical (unpaired) electrons. The largest absolute Gasteiger partial charge is 0.463 e. The summed E-state index contributed by atoms with van der Waals surface area (Å²) in [6, 6.07) is 27.1. The topological polar surface area (TPSA) is 76.4 Å². The van der Waals surface area contributed by atoms with Crippen LogP contribution < -0.4 is 14.9 Å². The molecule has 0 spiro atoms. The number of thiazole rings is 1. The lowest BCUT2D eigenvalue weighted by atomic mass is 9.96. The number of nitrogens with one attached hydrogen (secondary N) is 1. The molecular formula is C31H25N3O3S. The summed E-state index contributed by atoms with van der Waals surface area (Å²) in [5.74, 6) is -0.458. The van der Waals surface area contributed by atoms with Gasteiger partial charge in [0, 0.05) is 16.5 Å². The van der Waals surface area contributed by atoms with Crippen LogP contribution in [0, 0.1) is 0 Å². The summed E-state index contributed by atoms with van der Waals surface area (Å²) in [4.78, 5) is 35.9. The summed E-state index contributed by atoms with van der Waals surface area (Å²) in [6.45, 7) is 3.81. The standard InChI is InChI=1S/C31H25N3O3S/c1-3-37-30(36)26-19(2)32-31-34(28(26)21-14-8-5-9-15-21)29(35)25(38-31)18-23-22-16-10-11-17-24(22)33-27(23)20-12-6-4-7-13-20/h4-18,28,33H,3H2,1-2H3/b25-18+/t28-/m1/s1. The highest BCUT2D eigenvalue weighted by Crippen LogP contribution is 2.32. The molecule has 0 aliphatic carbocycles. The van der Waals surface area contributed by atoms with Crippen molar-refractivity contribution in [3.63, 3.8) is 0 Å². The number of ether oxygens (including phenoxy) is 1. The van der Waals surface area contributed by atoms with Crippen molar-refractivity contribution in [3.05, 3.63) is 127 Å². The highest BCUT2D eigenvalue weighted by atomic mass is 32.1. The lowest BCUT2D eigenvalue weighted by molar-refractivity contribution is -0.139. The van der Waals surface area contributed by atoms with Gasteiger partial charge < -0.3 is 9.72 Å². The third-order valence-corrected chi connectivity index (χ3v) is 7.70. The molecule has 0 saturated carbocycles. The number of esters is 1. The lowest BCUT2D eigenvalue weighted by Crippen LogP contribution is -2.39. The number of aromatic amines is 1. The minimum absolute atomic E-state index is 0.193. The van der Waals surface area contributed by atoms with E-state index in [0.29, 0.717) is 20.6 Å². The predicted octanol–water partition coefficient (Wildman–Crippen LogP) is 4.95. The number of hydrogen-bond acceptors (Lipinski definition) is 5. The Morgan fingerprint density at radius 1 is 1.03 bits per heavy atom. The number of rotatable bonds is 5. The highest BCUT2D eigenvalue weighted by Gasteiger charge is 2.33. The van der Waals surface area contributed by atoms with Crippen LogP contribution in [-0.4, -0.2) is 22.1 Å². The Morgan fingerprint density at radius 3 is 2.45 bits per heavy atom. The molecule has 3 aromatic carbocycles. The normalized spacial score (nSPS) is 15.4. The maximum absolute atomic E-state index is 14.0. The van der Waals surface area contributed by atoms with Gasteiger partial charge in [-0.05, 0) is 37.1 Å². The Morgan fingerprint density at radius 2 is 1.71 bits per heavy atom. The van der Waals surface area contributed by atoms with Crippen molar-refractivity contribution >= 4 is 34.3 Å². The van der Waals surface area contributed by atoms with Crippen LogP contribution in [0.2, 0.25) is 0 Å². The van der Waals surface area contributed by atoms with Gasteiger partial charge in [-0.25, -0.2) is 9.79 Å². The molecule has 1 N–H and O–H groups in total. The van der Waals surface area contributed by atoms with Gasteiger partial charge in [-0.2, -0.15) is 0 Å². The Hall–Kier alpha value is -4.49. The molecule has 0 fully saturated rings. The third kappa shape index (κ3) is 4.01. The van der Waals surface area contributed by atoms with Crippen LogP contribution in [0.15, 0.2) is 106 Å². The number of hydrogen-bond donors (Lipinski definition) is 1. The summed E-state index contributed by atoms with van der Waals surface area (Å²) >= 11 is 1.33. The van der Waals surface area contributed by atoms with E-state index in [4.69, 9.17) is 9.73 Å². The van der Waals surface area contributed by atoms with E-state index in [1.807, 2.05) is 84.9 Å². The SMILES string of the molecule is CCOC(=O)C1=C(C)N=c2s/c(=C/c3c(-c4ccccc4)[nH]c4ccccc34)c(=O)n2[C@@H]1c1ccccc1. The van der Waals surface area contributed by atoms with E-state index < -0.39 is 12.0 Å². The van der Waals surface area contributed by atoms with Gasteiger partial charge in [-0.1, -0.05) is 90.2 Å². The van der Waals surface area contributed by atoms with Gasteiger partial charge in [0.2, 0.25) is 0 Å². The number of fused-ring (bicyclic) bond motifs is 2. The Bertz CT molecular complexity index is 1880. The van der Waals surface area contributed by atoms with Crippen LogP contribution in [0.4, 0.5) is 0 Å². The second kappa shape index (κ2) is 9.76. The van der Waals surface area contributed by atoms with Gasteiger partial charge in [0.15, 0.2) is 4.80 Å². The summed E-state index contributed by atoms with van der Waals surface area (Å²) in [5.41, 5.74) is 5.49. The number of carbonyl (C=O) groups is 1. The number of carbonyl (C=O) groups excluding carboxylic acids is 1. The first kappa shape index (κ1) is 23.9. The number of para-hydroxylation sites is 1. The number of aromatic nitrogens is 2. The zero-order valence-electron chi connectivity index (χ0n) is 21.0. The fourth-order valence-corrected chi connectivity index (χ4v) is 6.05. The molecule has 38 heavy (non-hydrogen) atoms. The van der Waals surface area contributed by atoms with Gasteiger partial charge in [0.1, 0.15) is 0 Å². The zero-order valence-corrected chi connectivity index (χ0v) is 21.8. The fourth-order valence-electron chi connectivity index (χ4n) is 5.02. The minimum Gasteiger partial charge on any atom is -0.463 e. The van der Waals surface area contributed by atoms with Crippen molar-refractivity contribution in [1.29, 1.82) is 0 Å². The van der Waals surface area contributed by atoms with Crippen molar-refractivity contribution in [1.82, 2.24) is 9.55 Å². The second-order valence-electron chi connectivity index (χ2n) is 9.04. The number of H-pyrrole nitrogens is 1. The second-order valence-corrected chi connectivity index (χ2v) is 10.0. The van der Waals surface area contributed by atoms with E-state index >= 15 is 0 Å². The number of nitrogens with zero attached hydrogens (tertiary/aromatic N) is 2. The molecule has 0 amide bonds. The predicted molar refractivity (Wildman–Crippen MR) is 151 cm³/mol. The molecule has 3 heterocycles. The molecule has 0 saturated heterocycles. The lowest BCUT2D eigenvalue weighted by Gasteiger charge is -2.24. The fraction of sp³-hybridized carbons (Fsp3) is 0.129. The summed E-state index contributed by atoms with van der Waals surface area (Å²) in [6.07, 6.45) is 1.94. The maximum atomic E-state index is 14.0. The van der Waals surface area contributed by atoms with E-state index in [1.54, 1.807) is 18.4 Å². The first-order chi connectivity index (χ1) is 18.6. The molecule has 2 aromatic heterocycles. The Kier molecular flexibility index (Phi) is 6.13. The van der Waals surface area contributed by atoms with Crippen molar-refractivity contribution < 1.29 is 9.53 Å². The van der Waals surface area contributed by atoms with E-state index in [9.17, 15) is 9.59 Å². The average Bonchev–Trinajstić information content (AvgIpc) is 3.46. The number of allylic oxidation sites excluding steroid dienone is 1. The molecular weight excluding hydrogens is 494 g/mol. The summed E-state index contributed by atoms with van der Waals surface area (Å²) < 4.78 is 7.56.